The maximum absolute atomic E-state index is 11.7. The summed E-state index contributed by atoms with van der Waals surface area (Å²) in [4.78, 5) is 11.7. The second-order valence-electron chi connectivity index (χ2n) is 4.41. The lowest BCUT2D eigenvalue weighted by molar-refractivity contribution is 0.0699. The molecule has 3 rings (SSSR count). The van der Waals surface area contributed by atoms with E-state index in [9.17, 15) is 9.90 Å². The number of aromatic carboxylic acids is 1. The molecule has 0 aliphatic carbocycles. The van der Waals surface area contributed by atoms with Crippen LogP contribution in [0, 0.1) is 0 Å². The molecule has 1 N–H and O–H groups in total. The number of carboxylic acids is 1. The Bertz CT molecular complexity index is 828. The van der Waals surface area contributed by atoms with Crippen molar-refractivity contribution >= 4 is 27.4 Å². The highest BCUT2D eigenvalue weighted by Crippen LogP contribution is 2.33. The summed E-state index contributed by atoms with van der Waals surface area (Å²) in [6, 6.07) is 10.9. The molecule has 0 fully saturated rings. The van der Waals surface area contributed by atoms with E-state index in [2.05, 4.69) is 21.0 Å². The van der Waals surface area contributed by atoms with Gasteiger partial charge in [0.15, 0.2) is 0 Å². The SMILES string of the molecule is COc1cc(Br)cn2nc(-c3ccccc3)c(C(=O)O)c12. The summed E-state index contributed by atoms with van der Waals surface area (Å²) >= 11 is 3.36. The molecule has 2 heterocycles. The van der Waals surface area contributed by atoms with Gasteiger partial charge >= 0.3 is 5.97 Å². The molecular weight excluding hydrogens is 336 g/mol. The minimum absolute atomic E-state index is 0.130. The summed E-state index contributed by atoms with van der Waals surface area (Å²) in [5.74, 6) is -0.582. The molecule has 0 radical (unpaired) electrons. The quantitative estimate of drug-likeness (QED) is 0.788. The number of carboxylic acid groups (broad SMARTS) is 1. The second kappa shape index (κ2) is 5.21. The molecule has 2 aromatic heterocycles. The molecule has 0 unspecified atom stereocenters. The van der Waals surface area contributed by atoms with Gasteiger partial charge in [-0.25, -0.2) is 9.31 Å². The summed E-state index contributed by atoms with van der Waals surface area (Å²) in [7, 11) is 1.50. The summed E-state index contributed by atoms with van der Waals surface area (Å²) in [6.45, 7) is 0. The highest BCUT2D eigenvalue weighted by Gasteiger charge is 2.23. The van der Waals surface area contributed by atoms with Crippen LogP contribution in [0.3, 0.4) is 0 Å². The van der Waals surface area contributed by atoms with Gasteiger partial charge in [-0.2, -0.15) is 5.10 Å². The van der Waals surface area contributed by atoms with Crippen molar-refractivity contribution in [2.75, 3.05) is 7.11 Å². The highest BCUT2D eigenvalue weighted by atomic mass is 79.9. The van der Waals surface area contributed by atoms with Gasteiger partial charge in [-0.3, -0.25) is 0 Å². The monoisotopic (exact) mass is 346 g/mol. The number of benzene rings is 1. The lowest BCUT2D eigenvalue weighted by Crippen LogP contribution is -1.99. The summed E-state index contributed by atoms with van der Waals surface area (Å²) in [5, 5.41) is 14.0. The van der Waals surface area contributed by atoms with E-state index in [0.717, 1.165) is 10.0 Å². The largest absolute Gasteiger partial charge is 0.494 e. The van der Waals surface area contributed by atoms with Crippen molar-refractivity contribution in [1.29, 1.82) is 0 Å². The van der Waals surface area contributed by atoms with Crippen LogP contribution in [0.25, 0.3) is 16.8 Å². The molecule has 6 heteroatoms. The zero-order valence-corrected chi connectivity index (χ0v) is 12.7. The molecule has 0 spiro atoms. The normalized spacial score (nSPS) is 10.8. The third-order valence-electron chi connectivity index (χ3n) is 3.14. The molecule has 1 aromatic carbocycles. The van der Waals surface area contributed by atoms with Gasteiger partial charge in [0.2, 0.25) is 0 Å². The Labute approximate surface area is 128 Å². The number of methoxy groups -OCH3 is 1. The highest BCUT2D eigenvalue weighted by molar-refractivity contribution is 9.10. The Kier molecular flexibility index (Phi) is 3.39. The summed E-state index contributed by atoms with van der Waals surface area (Å²) < 4.78 is 7.57. The fourth-order valence-electron chi connectivity index (χ4n) is 2.27. The number of hydrogen-bond donors (Lipinski definition) is 1. The van der Waals surface area contributed by atoms with Crippen molar-refractivity contribution in [3.05, 3.63) is 52.6 Å². The van der Waals surface area contributed by atoms with Gasteiger partial charge in [-0.05, 0) is 22.0 Å². The molecule has 0 saturated heterocycles. The Balaban J connectivity index is 2.41. The number of ether oxygens (including phenoxy) is 1. The van der Waals surface area contributed by atoms with Crippen LogP contribution in [0.4, 0.5) is 0 Å². The zero-order valence-electron chi connectivity index (χ0n) is 11.1. The molecule has 21 heavy (non-hydrogen) atoms. The van der Waals surface area contributed by atoms with E-state index in [1.165, 1.54) is 11.6 Å². The minimum atomic E-state index is -1.04. The molecule has 5 nitrogen and oxygen atoms in total. The van der Waals surface area contributed by atoms with E-state index in [-0.39, 0.29) is 5.56 Å². The lowest BCUT2D eigenvalue weighted by atomic mass is 10.1. The smallest absolute Gasteiger partial charge is 0.340 e. The van der Waals surface area contributed by atoms with E-state index in [4.69, 9.17) is 4.74 Å². The molecule has 0 amide bonds. The number of carbonyl (C=O) groups is 1. The van der Waals surface area contributed by atoms with Crippen molar-refractivity contribution in [3.63, 3.8) is 0 Å². The van der Waals surface area contributed by atoms with E-state index in [1.54, 1.807) is 12.3 Å². The average Bonchev–Trinajstić information content (AvgIpc) is 2.86. The van der Waals surface area contributed by atoms with Crippen LogP contribution >= 0.6 is 15.9 Å². The van der Waals surface area contributed by atoms with Gasteiger partial charge in [0, 0.05) is 16.2 Å². The van der Waals surface area contributed by atoms with Gasteiger partial charge in [0.05, 0.1) is 7.11 Å². The Morgan fingerprint density at radius 2 is 2.05 bits per heavy atom. The van der Waals surface area contributed by atoms with Crippen molar-refractivity contribution in [2.24, 2.45) is 0 Å². The number of fused-ring (bicyclic) bond motifs is 1. The standard InChI is InChI=1S/C15H11BrN2O3/c1-21-11-7-10(16)8-18-14(11)12(15(19)20)13(17-18)9-5-3-2-4-6-9/h2-8H,1H3,(H,19,20). The van der Waals surface area contributed by atoms with Gasteiger partial charge in [-0.15, -0.1) is 0 Å². The third-order valence-corrected chi connectivity index (χ3v) is 3.57. The van der Waals surface area contributed by atoms with E-state index in [0.29, 0.717) is 17.0 Å². The number of pyridine rings is 1. The van der Waals surface area contributed by atoms with Crippen molar-refractivity contribution < 1.29 is 14.6 Å². The van der Waals surface area contributed by atoms with Crippen LogP contribution < -0.4 is 4.74 Å². The predicted molar refractivity (Wildman–Crippen MR) is 81.8 cm³/mol. The maximum Gasteiger partial charge on any atom is 0.340 e. The van der Waals surface area contributed by atoms with Crippen molar-refractivity contribution in [2.45, 2.75) is 0 Å². The number of nitrogens with zero attached hydrogens (tertiary/aromatic N) is 2. The molecular formula is C15H11BrN2O3. The van der Waals surface area contributed by atoms with Gasteiger partial charge in [0.1, 0.15) is 22.5 Å². The van der Waals surface area contributed by atoms with Crippen LogP contribution in [-0.4, -0.2) is 27.8 Å². The van der Waals surface area contributed by atoms with Crippen LogP contribution in [0.5, 0.6) is 5.75 Å². The first-order valence-corrected chi connectivity index (χ1v) is 6.95. The number of hydrogen-bond acceptors (Lipinski definition) is 3. The van der Waals surface area contributed by atoms with Gasteiger partial charge in [-0.1, -0.05) is 30.3 Å². The molecule has 0 aliphatic heterocycles. The predicted octanol–water partition coefficient (Wildman–Crippen LogP) is 3.47. The number of rotatable bonds is 3. The van der Waals surface area contributed by atoms with E-state index < -0.39 is 5.97 Å². The average molecular weight is 347 g/mol. The number of aromatic nitrogens is 2. The molecule has 0 atom stereocenters. The summed E-state index contributed by atoms with van der Waals surface area (Å²) in [5.41, 5.74) is 1.73. The third kappa shape index (κ3) is 2.27. The minimum Gasteiger partial charge on any atom is -0.494 e. The fraction of sp³-hybridized carbons (Fsp3) is 0.0667. The van der Waals surface area contributed by atoms with Crippen molar-refractivity contribution in [1.82, 2.24) is 9.61 Å². The van der Waals surface area contributed by atoms with E-state index >= 15 is 0 Å². The Hall–Kier alpha value is -2.34. The first kappa shape index (κ1) is 13.6. The van der Waals surface area contributed by atoms with Crippen LogP contribution in [0.15, 0.2) is 47.1 Å². The second-order valence-corrected chi connectivity index (χ2v) is 5.33. The fourth-order valence-corrected chi connectivity index (χ4v) is 2.67. The first-order valence-electron chi connectivity index (χ1n) is 6.16. The first-order chi connectivity index (χ1) is 10.1. The lowest BCUT2D eigenvalue weighted by Gasteiger charge is -2.04. The topological polar surface area (TPSA) is 63.8 Å². The maximum atomic E-state index is 11.7. The van der Waals surface area contributed by atoms with Gasteiger partial charge < -0.3 is 9.84 Å². The van der Waals surface area contributed by atoms with E-state index in [1.807, 2.05) is 30.3 Å². The molecule has 0 aliphatic rings. The van der Waals surface area contributed by atoms with Gasteiger partial charge in [0.25, 0.3) is 0 Å². The molecule has 106 valence electrons. The Morgan fingerprint density at radius 3 is 2.67 bits per heavy atom. The molecule has 0 saturated carbocycles. The van der Waals surface area contributed by atoms with Crippen molar-refractivity contribution in [3.8, 4) is 17.0 Å². The zero-order chi connectivity index (χ0) is 15.0. The summed E-state index contributed by atoms with van der Waals surface area (Å²) in [6.07, 6.45) is 1.71. The van der Waals surface area contributed by atoms with Crippen LogP contribution in [0.1, 0.15) is 10.4 Å². The molecule has 0 bridgehead atoms. The number of halogens is 1. The molecule has 3 aromatic rings. The van der Waals surface area contributed by atoms with Crippen LogP contribution in [0.2, 0.25) is 0 Å². The Morgan fingerprint density at radius 1 is 1.33 bits per heavy atom. The van der Waals surface area contributed by atoms with Crippen LogP contribution in [-0.2, 0) is 0 Å².